The molecule has 2 fully saturated rings. The highest BCUT2D eigenvalue weighted by Crippen LogP contribution is 2.40. The Balaban J connectivity index is 1.59. The lowest BCUT2D eigenvalue weighted by Gasteiger charge is -2.42. The predicted molar refractivity (Wildman–Crippen MR) is 167 cm³/mol. The number of benzene rings is 1. The summed E-state index contributed by atoms with van der Waals surface area (Å²) >= 11 is 0. The minimum atomic E-state index is -1.28. The normalized spacial score (nSPS) is 35.4. The number of cyclic esters (lactones) is 1. The number of hydrogen-bond acceptors (Lipinski definition) is 8. The molecule has 2 aliphatic rings. The summed E-state index contributed by atoms with van der Waals surface area (Å²) < 4.78 is 18.2. The Bertz CT molecular complexity index is 1390. The lowest BCUT2D eigenvalue weighted by atomic mass is 9.70. The summed E-state index contributed by atoms with van der Waals surface area (Å²) in [7, 11) is 0. The first-order valence-corrected chi connectivity index (χ1v) is 16.0. The number of nitrogens with zero attached hydrogens (tertiary/aromatic N) is 1. The Morgan fingerprint density at radius 2 is 1.70 bits per heavy atom. The zero-order valence-corrected chi connectivity index (χ0v) is 27.3. The van der Waals surface area contributed by atoms with Gasteiger partial charge in [0.05, 0.1) is 17.2 Å². The molecule has 1 aromatic heterocycles. The number of alkyl carbamates (subject to hydrolysis) is 1. The summed E-state index contributed by atoms with van der Waals surface area (Å²) in [6.07, 6.45) is 2.61. The second-order valence-corrected chi connectivity index (χ2v) is 13.3. The van der Waals surface area contributed by atoms with Crippen LogP contribution in [0.3, 0.4) is 0 Å². The monoisotopic (exact) mass is 608 g/mol. The van der Waals surface area contributed by atoms with Gasteiger partial charge in [0.2, 0.25) is 0 Å². The van der Waals surface area contributed by atoms with Crippen LogP contribution in [0.5, 0.6) is 0 Å². The van der Waals surface area contributed by atoms with Gasteiger partial charge in [-0.15, -0.1) is 0 Å². The van der Waals surface area contributed by atoms with Crippen molar-refractivity contribution >= 4 is 34.5 Å². The smallest absolute Gasteiger partial charge is 0.408 e. The van der Waals surface area contributed by atoms with Crippen LogP contribution in [0, 0.1) is 29.6 Å². The molecule has 0 bridgehead atoms. The van der Waals surface area contributed by atoms with E-state index in [4.69, 9.17) is 14.2 Å². The zero-order valence-electron chi connectivity index (χ0n) is 27.3. The van der Waals surface area contributed by atoms with Crippen molar-refractivity contribution in [3.05, 3.63) is 42.1 Å². The zero-order chi connectivity index (χ0) is 32.4. The highest BCUT2D eigenvalue weighted by molar-refractivity contribution is 6.00. The SMILES string of the molecule is CC[C@H]1OC(=O)[C@H](C)C(=O)[C@H](C)[C@@H](C)[C@](C)(OCCCc2cnc3ccccc3c2)C[C@@H](C)C(=O)[C@H](C)[C@H]2NC(=O)O[C@@]21C. The van der Waals surface area contributed by atoms with Crippen molar-refractivity contribution < 1.29 is 33.4 Å². The number of rotatable bonds is 6. The third-order valence-electron chi connectivity index (χ3n) is 10.2. The van der Waals surface area contributed by atoms with Crippen LogP contribution in [-0.4, -0.2) is 58.6 Å². The van der Waals surface area contributed by atoms with Crippen LogP contribution in [0.4, 0.5) is 4.79 Å². The van der Waals surface area contributed by atoms with Crippen molar-refractivity contribution in [2.24, 2.45) is 29.6 Å². The van der Waals surface area contributed by atoms with Crippen LogP contribution < -0.4 is 5.32 Å². The fourth-order valence-electron chi connectivity index (χ4n) is 7.12. The molecule has 3 heterocycles. The molecule has 44 heavy (non-hydrogen) atoms. The maximum absolute atomic E-state index is 13.9. The van der Waals surface area contributed by atoms with E-state index in [1.165, 1.54) is 0 Å². The Morgan fingerprint density at radius 3 is 2.41 bits per heavy atom. The molecule has 0 aliphatic carbocycles. The minimum Gasteiger partial charge on any atom is -0.458 e. The van der Waals surface area contributed by atoms with Gasteiger partial charge in [-0.2, -0.15) is 0 Å². The number of ketones is 2. The molecule has 9 atom stereocenters. The van der Waals surface area contributed by atoms with Gasteiger partial charge in [0.15, 0.2) is 5.60 Å². The second kappa shape index (κ2) is 13.3. The van der Waals surface area contributed by atoms with Gasteiger partial charge < -0.3 is 19.5 Å². The summed E-state index contributed by atoms with van der Waals surface area (Å²) in [4.78, 5) is 58.0. The van der Waals surface area contributed by atoms with Crippen molar-refractivity contribution in [2.45, 2.75) is 104 Å². The Morgan fingerprint density at radius 1 is 1.00 bits per heavy atom. The third-order valence-corrected chi connectivity index (χ3v) is 10.2. The van der Waals surface area contributed by atoms with E-state index in [1.807, 2.05) is 65.1 Å². The van der Waals surface area contributed by atoms with Gasteiger partial charge in [-0.3, -0.25) is 19.4 Å². The van der Waals surface area contributed by atoms with Gasteiger partial charge in [-0.05, 0) is 70.1 Å². The summed E-state index contributed by atoms with van der Waals surface area (Å²) in [6.45, 7) is 14.9. The molecule has 2 saturated heterocycles. The minimum absolute atomic E-state index is 0.0538. The number of hydrogen-bond donors (Lipinski definition) is 1. The van der Waals surface area contributed by atoms with E-state index in [9.17, 15) is 19.2 Å². The number of fused-ring (bicyclic) bond motifs is 2. The number of aromatic nitrogens is 1. The number of amides is 1. The lowest BCUT2D eigenvalue weighted by Crippen LogP contribution is -2.57. The Labute approximate surface area is 260 Å². The molecule has 2 aliphatic heterocycles. The van der Waals surface area contributed by atoms with Gasteiger partial charge in [-0.25, -0.2) is 4.79 Å². The first-order valence-electron chi connectivity index (χ1n) is 16.0. The fraction of sp³-hybridized carbons (Fsp3) is 0.629. The molecule has 1 amide bonds. The standard InChI is InChI=1S/C35H48N2O7/c1-9-28-35(8)31(37-33(41)44-35)22(4)29(38)20(2)18-34(7,24(6)21(3)30(39)23(5)32(40)43-28)42-16-12-13-25-17-26-14-10-11-15-27(26)36-19-25/h10-11,14-15,17,19-24,28,31H,9,12-13,16,18H2,1-8H3,(H,37,41)/t20-,21-,22+,23-,24-,28-,31-,34-,35-/m1/s1. The van der Waals surface area contributed by atoms with E-state index >= 15 is 0 Å². The summed E-state index contributed by atoms with van der Waals surface area (Å²) in [5.74, 6) is -3.88. The maximum atomic E-state index is 13.9. The molecular formula is C35H48N2O7. The Kier molecular flexibility index (Phi) is 10.2. The molecule has 9 nitrogen and oxygen atoms in total. The molecule has 1 aromatic carbocycles. The van der Waals surface area contributed by atoms with Crippen molar-refractivity contribution in [2.75, 3.05) is 6.61 Å². The maximum Gasteiger partial charge on any atom is 0.408 e. The molecular weight excluding hydrogens is 560 g/mol. The molecule has 1 N–H and O–H groups in total. The highest BCUT2D eigenvalue weighted by atomic mass is 16.6. The van der Waals surface area contributed by atoms with Crippen molar-refractivity contribution in [1.29, 1.82) is 0 Å². The van der Waals surface area contributed by atoms with Crippen LogP contribution in [0.25, 0.3) is 10.9 Å². The Hall–Kier alpha value is -3.33. The first-order chi connectivity index (χ1) is 20.7. The lowest BCUT2D eigenvalue weighted by molar-refractivity contribution is -0.172. The van der Waals surface area contributed by atoms with Crippen molar-refractivity contribution in [3.8, 4) is 0 Å². The molecule has 0 radical (unpaired) electrons. The molecule has 4 rings (SSSR count). The number of aryl methyl sites for hydroxylation is 1. The van der Waals surface area contributed by atoms with E-state index in [0.717, 1.165) is 29.3 Å². The van der Waals surface area contributed by atoms with Gasteiger partial charge in [0.1, 0.15) is 23.6 Å². The number of carbonyl (C=O) groups is 4. The summed E-state index contributed by atoms with van der Waals surface area (Å²) in [6, 6.07) is 9.42. The number of esters is 1. The average Bonchev–Trinajstić information content (AvgIpc) is 3.33. The van der Waals surface area contributed by atoms with E-state index < -0.39 is 59.1 Å². The first kappa shape index (κ1) is 33.6. The molecule has 2 aromatic rings. The van der Waals surface area contributed by atoms with Crippen LogP contribution in [0.1, 0.15) is 80.2 Å². The largest absolute Gasteiger partial charge is 0.458 e. The van der Waals surface area contributed by atoms with Gasteiger partial charge in [-0.1, -0.05) is 52.8 Å². The van der Waals surface area contributed by atoms with E-state index in [2.05, 4.69) is 16.4 Å². The topological polar surface area (TPSA) is 121 Å². The average molecular weight is 609 g/mol. The second-order valence-electron chi connectivity index (χ2n) is 13.3. The van der Waals surface area contributed by atoms with E-state index in [0.29, 0.717) is 19.4 Å². The van der Waals surface area contributed by atoms with Crippen LogP contribution >= 0.6 is 0 Å². The number of ether oxygens (including phenoxy) is 3. The van der Waals surface area contributed by atoms with Crippen LogP contribution in [-0.2, 0) is 35.0 Å². The fourth-order valence-corrected chi connectivity index (χ4v) is 7.12. The van der Waals surface area contributed by atoms with Crippen LogP contribution in [0.15, 0.2) is 36.5 Å². The van der Waals surface area contributed by atoms with E-state index in [1.54, 1.807) is 20.8 Å². The third kappa shape index (κ3) is 6.67. The van der Waals surface area contributed by atoms with Crippen LogP contribution in [0.2, 0.25) is 0 Å². The number of pyridine rings is 1. The molecule has 9 heteroatoms. The molecule has 0 spiro atoms. The van der Waals surface area contributed by atoms with Gasteiger partial charge >= 0.3 is 12.1 Å². The number of Topliss-reactive ketones (excluding diaryl/α,β-unsaturated/α-hetero) is 2. The highest BCUT2D eigenvalue weighted by Gasteiger charge is 2.56. The molecule has 0 saturated carbocycles. The summed E-state index contributed by atoms with van der Waals surface area (Å²) in [5, 5.41) is 3.89. The van der Waals surface area contributed by atoms with Crippen molar-refractivity contribution in [1.82, 2.24) is 10.3 Å². The van der Waals surface area contributed by atoms with E-state index in [-0.39, 0.29) is 17.5 Å². The number of nitrogens with one attached hydrogen (secondary N) is 1. The number of carbonyl (C=O) groups excluding carboxylic acids is 4. The quantitative estimate of drug-likeness (QED) is 0.246. The summed E-state index contributed by atoms with van der Waals surface area (Å²) in [5.41, 5.74) is -0.0600. The predicted octanol–water partition coefficient (Wildman–Crippen LogP) is 5.85. The number of para-hydroxylation sites is 1. The van der Waals surface area contributed by atoms with Gasteiger partial charge in [0, 0.05) is 35.9 Å². The van der Waals surface area contributed by atoms with Crippen molar-refractivity contribution in [3.63, 3.8) is 0 Å². The molecule has 240 valence electrons. The van der Waals surface area contributed by atoms with Gasteiger partial charge in [0.25, 0.3) is 0 Å². The molecule has 0 unspecified atom stereocenters.